The standard InChI is InChI=1S/C11H15N2O9P/c1-19-7-8-6(22-23(16,17)18)4-3-5(14)12-11(15)13(4)10(21-8)9(7)20-2/h3,6-10H,1-2H3,(H,12,14,15)(H2,16,17,18)/t6-,7?,8?,9?,10?/m1/s1. The van der Waals surface area contributed by atoms with Crippen molar-refractivity contribution in [2.24, 2.45) is 0 Å². The van der Waals surface area contributed by atoms with Gasteiger partial charge in [0.15, 0.2) is 6.23 Å². The molecule has 1 aromatic rings. The van der Waals surface area contributed by atoms with Crippen molar-refractivity contribution >= 4 is 7.82 Å². The number of rotatable bonds is 4. The molecule has 12 heteroatoms. The molecule has 23 heavy (non-hydrogen) atoms. The highest BCUT2D eigenvalue weighted by Crippen LogP contribution is 2.51. The van der Waals surface area contributed by atoms with Crippen molar-refractivity contribution in [2.45, 2.75) is 30.6 Å². The Hall–Kier alpha value is -1.33. The molecule has 2 aliphatic heterocycles. The molecule has 2 aliphatic rings. The van der Waals surface area contributed by atoms with Gasteiger partial charge < -0.3 is 24.0 Å². The number of phosphoric ester groups is 1. The van der Waals surface area contributed by atoms with Gasteiger partial charge >= 0.3 is 13.5 Å². The van der Waals surface area contributed by atoms with E-state index in [1.807, 2.05) is 0 Å². The van der Waals surface area contributed by atoms with Gasteiger partial charge in [-0.1, -0.05) is 0 Å². The second-order valence-electron chi connectivity index (χ2n) is 5.14. The first-order chi connectivity index (χ1) is 10.8. The molecule has 1 aromatic heterocycles. The predicted octanol–water partition coefficient (Wildman–Crippen LogP) is -1.37. The summed E-state index contributed by atoms with van der Waals surface area (Å²) in [6.45, 7) is 0. The van der Waals surface area contributed by atoms with Gasteiger partial charge in [-0.2, -0.15) is 0 Å². The van der Waals surface area contributed by atoms with Crippen molar-refractivity contribution in [1.29, 1.82) is 0 Å². The molecule has 2 bridgehead atoms. The highest BCUT2D eigenvalue weighted by atomic mass is 31.2. The van der Waals surface area contributed by atoms with E-state index < -0.39 is 49.7 Å². The summed E-state index contributed by atoms with van der Waals surface area (Å²) in [6.07, 6.45) is -4.71. The van der Waals surface area contributed by atoms with E-state index in [0.717, 1.165) is 10.6 Å². The van der Waals surface area contributed by atoms with Crippen LogP contribution in [0.5, 0.6) is 0 Å². The Morgan fingerprint density at radius 1 is 1.26 bits per heavy atom. The molecule has 1 saturated heterocycles. The summed E-state index contributed by atoms with van der Waals surface area (Å²) in [6, 6.07) is 1.04. The Labute approximate surface area is 129 Å². The zero-order valence-electron chi connectivity index (χ0n) is 12.1. The van der Waals surface area contributed by atoms with E-state index in [0.29, 0.717) is 0 Å². The lowest BCUT2D eigenvalue weighted by Gasteiger charge is -2.32. The van der Waals surface area contributed by atoms with E-state index in [4.69, 9.17) is 28.5 Å². The van der Waals surface area contributed by atoms with Crippen LogP contribution >= 0.6 is 7.82 Å². The van der Waals surface area contributed by atoms with Crippen LogP contribution in [0.3, 0.4) is 0 Å². The molecule has 0 amide bonds. The number of nitrogens with one attached hydrogen (secondary N) is 1. The fourth-order valence-electron chi connectivity index (χ4n) is 3.07. The fraction of sp³-hybridized carbons (Fsp3) is 0.636. The number of phosphoric acid groups is 1. The molecule has 0 saturated carbocycles. The first-order valence-electron chi connectivity index (χ1n) is 6.57. The Bertz CT molecular complexity index is 767. The summed E-state index contributed by atoms with van der Waals surface area (Å²) in [7, 11) is -2.17. The Morgan fingerprint density at radius 2 is 1.91 bits per heavy atom. The van der Waals surface area contributed by atoms with E-state index in [1.54, 1.807) is 0 Å². The largest absolute Gasteiger partial charge is 0.470 e. The Balaban J connectivity index is 2.21. The van der Waals surface area contributed by atoms with E-state index in [1.165, 1.54) is 14.2 Å². The van der Waals surface area contributed by atoms with Gasteiger partial charge in [0.05, 0.1) is 5.69 Å². The molecule has 5 atom stereocenters. The van der Waals surface area contributed by atoms with Crippen LogP contribution in [0.1, 0.15) is 18.0 Å². The third-order valence-electron chi connectivity index (χ3n) is 3.87. The maximum atomic E-state index is 12.1. The second kappa shape index (κ2) is 5.64. The third-order valence-corrected chi connectivity index (χ3v) is 4.37. The van der Waals surface area contributed by atoms with E-state index >= 15 is 0 Å². The van der Waals surface area contributed by atoms with Crippen LogP contribution in [0.15, 0.2) is 15.7 Å². The zero-order chi connectivity index (χ0) is 16.9. The number of nitrogens with zero attached hydrogens (tertiary/aromatic N) is 1. The van der Waals surface area contributed by atoms with Gasteiger partial charge in [-0.15, -0.1) is 0 Å². The quantitative estimate of drug-likeness (QED) is 0.559. The van der Waals surface area contributed by atoms with Crippen LogP contribution in [0, 0.1) is 0 Å². The van der Waals surface area contributed by atoms with E-state index in [2.05, 4.69) is 4.98 Å². The van der Waals surface area contributed by atoms with Gasteiger partial charge in [0.25, 0.3) is 5.56 Å². The second-order valence-corrected chi connectivity index (χ2v) is 6.33. The van der Waals surface area contributed by atoms with Gasteiger partial charge in [0, 0.05) is 20.3 Å². The fourth-order valence-corrected chi connectivity index (χ4v) is 3.59. The van der Waals surface area contributed by atoms with Crippen LogP contribution in [0.2, 0.25) is 0 Å². The zero-order valence-corrected chi connectivity index (χ0v) is 13.0. The summed E-state index contributed by atoms with van der Waals surface area (Å²) in [5.74, 6) is 0. The van der Waals surface area contributed by atoms with E-state index in [-0.39, 0.29) is 5.69 Å². The lowest BCUT2D eigenvalue weighted by atomic mass is 10.0. The Morgan fingerprint density at radius 3 is 2.48 bits per heavy atom. The molecule has 3 N–H and O–H groups in total. The predicted molar refractivity (Wildman–Crippen MR) is 72.7 cm³/mol. The first kappa shape index (κ1) is 16.5. The minimum absolute atomic E-state index is 0.00933. The molecule has 0 aromatic carbocycles. The third kappa shape index (κ3) is 2.70. The number of hydrogen-bond donors (Lipinski definition) is 3. The van der Waals surface area contributed by atoms with Crippen LogP contribution in [-0.2, 0) is 23.3 Å². The average Bonchev–Trinajstić information content (AvgIpc) is 2.76. The van der Waals surface area contributed by atoms with Gasteiger partial charge in [-0.25, -0.2) is 9.36 Å². The summed E-state index contributed by atoms with van der Waals surface area (Å²) < 4.78 is 33.3. The summed E-state index contributed by atoms with van der Waals surface area (Å²) >= 11 is 0. The van der Waals surface area contributed by atoms with Gasteiger partial charge in [0.2, 0.25) is 0 Å². The molecule has 0 radical (unpaired) electrons. The molecule has 3 heterocycles. The molecular formula is C11H15N2O9P. The van der Waals surface area contributed by atoms with Gasteiger partial charge in [-0.3, -0.25) is 18.9 Å². The summed E-state index contributed by atoms with van der Waals surface area (Å²) in [5.41, 5.74) is -1.52. The summed E-state index contributed by atoms with van der Waals surface area (Å²) in [5, 5.41) is 0. The molecule has 0 spiro atoms. The number of hydrogen-bond acceptors (Lipinski definition) is 7. The molecule has 3 rings (SSSR count). The number of aromatic nitrogens is 2. The van der Waals surface area contributed by atoms with Crippen LogP contribution < -0.4 is 11.2 Å². The number of fused-ring (bicyclic) bond motifs is 4. The first-order valence-corrected chi connectivity index (χ1v) is 8.10. The van der Waals surface area contributed by atoms with Crippen LogP contribution in [-0.4, -0.2) is 51.9 Å². The van der Waals surface area contributed by atoms with Crippen molar-refractivity contribution in [2.75, 3.05) is 14.2 Å². The van der Waals surface area contributed by atoms with Gasteiger partial charge in [0.1, 0.15) is 24.4 Å². The average molecular weight is 350 g/mol. The van der Waals surface area contributed by atoms with Crippen molar-refractivity contribution in [3.8, 4) is 0 Å². The van der Waals surface area contributed by atoms with Crippen molar-refractivity contribution in [3.63, 3.8) is 0 Å². The van der Waals surface area contributed by atoms with Crippen molar-refractivity contribution in [1.82, 2.24) is 9.55 Å². The number of H-pyrrole nitrogens is 1. The smallest absolute Gasteiger partial charge is 0.376 e. The van der Waals surface area contributed by atoms with Gasteiger partial charge in [-0.05, 0) is 0 Å². The topological polar surface area (TPSA) is 149 Å². The number of methoxy groups -OCH3 is 2. The minimum Gasteiger partial charge on any atom is -0.376 e. The van der Waals surface area contributed by atoms with Crippen LogP contribution in [0.4, 0.5) is 0 Å². The molecular weight excluding hydrogens is 335 g/mol. The SMILES string of the molecule is COC1C(OC)C2OC1[C@H](OP(=O)(O)O)c1cc(=O)[nH]c(=O)n12. The molecule has 4 unspecified atom stereocenters. The maximum absolute atomic E-state index is 12.1. The highest BCUT2D eigenvalue weighted by Gasteiger charge is 2.56. The molecule has 128 valence electrons. The lowest BCUT2D eigenvalue weighted by molar-refractivity contribution is -0.117. The number of aromatic amines is 1. The lowest BCUT2D eigenvalue weighted by Crippen LogP contribution is -2.42. The van der Waals surface area contributed by atoms with E-state index in [9.17, 15) is 14.2 Å². The minimum atomic E-state index is -4.92. The number of ether oxygens (including phenoxy) is 3. The molecule has 0 aliphatic carbocycles. The monoisotopic (exact) mass is 350 g/mol. The van der Waals surface area contributed by atoms with Crippen molar-refractivity contribution in [3.05, 3.63) is 32.6 Å². The summed E-state index contributed by atoms with van der Waals surface area (Å²) in [4.78, 5) is 44.0. The van der Waals surface area contributed by atoms with Crippen LogP contribution in [0.25, 0.3) is 0 Å². The van der Waals surface area contributed by atoms with Crippen molar-refractivity contribution < 1.29 is 33.1 Å². The normalized spacial score (nSPS) is 32.8. The maximum Gasteiger partial charge on any atom is 0.470 e. The Kier molecular flexibility index (Phi) is 4.05. The molecule has 1 fully saturated rings. The molecule has 11 nitrogen and oxygen atoms in total. The highest BCUT2D eigenvalue weighted by molar-refractivity contribution is 7.46.